The normalized spacial score (nSPS) is 11.6. The molecule has 8 nitrogen and oxygen atoms in total. The van der Waals surface area contributed by atoms with Gasteiger partial charge in [-0.25, -0.2) is 4.79 Å². The second-order valence-corrected chi connectivity index (χ2v) is 6.90. The summed E-state index contributed by atoms with van der Waals surface area (Å²) in [6.07, 6.45) is 4.30. The molecule has 3 amide bonds. The summed E-state index contributed by atoms with van der Waals surface area (Å²) >= 11 is 0. The molecule has 1 rings (SSSR count). The van der Waals surface area contributed by atoms with Gasteiger partial charge in [-0.05, 0) is 26.3 Å². The molecule has 0 aromatic heterocycles. The fourth-order valence-electron chi connectivity index (χ4n) is 2.00. The number of rotatable bonds is 9. The van der Waals surface area contributed by atoms with Gasteiger partial charge in [-0.1, -0.05) is 36.3 Å². The van der Waals surface area contributed by atoms with Crippen molar-refractivity contribution < 1.29 is 23.9 Å². The molecular formula is C20H27N3O5. The van der Waals surface area contributed by atoms with E-state index in [2.05, 4.69) is 21.9 Å². The van der Waals surface area contributed by atoms with Crippen molar-refractivity contribution in [3.63, 3.8) is 0 Å². The molecule has 0 saturated heterocycles. The highest BCUT2D eigenvalue weighted by Crippen LogP contribution is 2.07. The van der Waals surface area contributed by atoms with Crippen LogP contribution in [0.2, 0.25) is 0 Å². The predicted octanol–water partition coefficient (Wildman–Crippen LogP) is 0.962. The van der Waals surface area contributed by atoms with E-state index in [4.69, 9.17) is 15.9 Å². The molecule has 0 heterocycles. The average molecular weight is 389 g/mol. The van der Waals surface area contributed by atoms with Crippen LogP contribution in [0.3, 0.4) is 0 Å². The van der Waals surface area contributed by atoms with Crippen molar-refractivity contribution in [2.24, 2.45) is 0 Å². The van der Waals surface area contributed by atoms with Gasteiger partial charge >= 0.3 is 6.09 Å². The highest BCUT2D eigenvalue weighted by atomic mass is 16.6. The standard InChI is InChI=1S/C20H27N3O5/c1-5-11-21-17(24)12-22-18(25)16(23-19(26)28-20(2,3)4)14-27-13-15-9-7-6-8-10-15/h1,6-10,16H,11-14H2,2-4H3,(H,21,24)(H,22,25)(H,23,26)/t16-/m0/s1. The number of alkyl carbamates (subject to hydrolysis) is 1. The molecule has 0 unspecified atom stereocenters. The average Bonchev–Trinajstić information content (AvgIpc) is 2.63. The summed E-state index contributed by atoms with van der Waals surface area (Å²) in [5, 5.41) is 7.33. The van der Waals surface area contributed by atoms with Crippen molar-refractivity contribution in [3.8, 4) is 12.3 Å². The van der Waals surface area contributed by atoms with Crippen LogP contribution in [-0.2, 0) is 25.7 Å². The first kappa shape index (κ1) is 23.0. The second-order valence-electron chi connectivity index (χ2n) is 6.90. The molecule has 28 heavy (non-hydrogen) atoms. The zero-order valence-corrected chi connectivity index (χ0v) is 16.4. The van der Waals surface area contributed by atoms with E-state index in [-0.39, 0.29) is 26.3 Å². The van der Waals surface area contributed by atoms with Gasteiger partial charge in [0.2, 0.25) is 11.8 Å². The van der Waals surface area contributed by atoms with Gasteiger partial charge in [-0.15, -0.1) is 6.42 Å². The lowest BCUT2D eigenvalue weighted by atomic mass is 10.2. The Hall–Kier alpha value is -3.05. The van der Waals surface area contributed by atoms with Crippen LogP contribution in [-0.4, -0.2) is 49.2 Å². The van der Waals surface area contributed by atoms with Crippen LogP contribution in [0.1, 0.15) is 26.3 Å². The number of nitrogens with one attached hydrogen (secondary N) is 3. The Kier molecular flexibility index (Phi) is 9.54. The molecule has 0 bridgehead atoms. The number of hydrogen-bond acceptors (Lipinski definition) is 5. The van der Waals surface area contributed by atoms with Gasteiger partial charge in [0.1, 0.15) is 11.6 Å². The number of amides is 3. The van der Waals surface area contributed by atoms with Crippen molar-refractivity contribution in [3.05, 3.63) is 35.9 Å². The van der Waals surface area contributed by atoms with Crippen molar-refractivity contribution in [2.45, 2.75) is 39.0 Å². The summed E-state index contributed by atoms with van der Waals surface area (Å²) in [7, 11) is 0. The lowest BCUT2D eigenvalue weighted by molar-refractivity contribution is -0.128. The first-order chi connectivity index (χ1) is 13.2. The molecule has 0 aliphatic carbocycles. The SMILES string of the molecule is C#CCNC(=O)CNC(=O)[C@H](COCc1ccccc1)NC(=O)OC(C)(C)C. The molecule has 0 saturated carbocycles. The summed E-state index contributed by atoms with van der Waals surface area (Å²) in [5.74, 6) is 1.25. The van der Waals surface area contributed by atoms with E-state index in [1.165, 1.54) is 0 Å². The van der Waals surface area contributed by atoms with Gasteiger partial charge in [0.25, 0.3) is 0 Å². The molecule has 0 aliphatic rings. The van der Waals surface area contributed by atoms with Crippen LogP contribution in [0.5, 0.6) is 0 Å². The number of terminal acetylenes is 1. The van der Waals surface area contributed by atoms with Gasteiger partial charge in [0.15, 0.2) is 0 Å². The lowest BCUT2D eigenvalue weighted by Gasteiger charge is -2.23. The van der Waals surface area contributed by atoms with Crippen molar-refractivity contribution >= 4 is 17.9 Å². The third kappa shape index (κ3) is 10.2. The molecule has 1 aromatic carbocycles. The quantitative estimate of drug-likeness (QED) is 0.546. The lowest BCUT2D eigenvalue weighted by Crippen LogP contribution is -2.52. The summed E-state index contributed by atoms with van der Waals surface area (Å²) in [4.78, 5) is 36.0. The minimum absolute atomic E-state index is 0.0640. The van der Waals surface area contributed by atoms with Crippen LogP contribution in [0.25, 0.3) is 0 Å². The van der Waals surface area contributed by atoms with Gasteiger partial charge in [-0.3, -0.25) is 9.59 Å². The summed E-state index contributed by atoms with van der Waals surface area (Å²) in [5.41, 5.74) is 0.207. The van der Waals surface area contributed by atoms with Crippen molar-refractivity contribution in [2.75, 3.05) is 19.7 Å². The van der Waals surface area contributed by atoms with E-state index in [0.717, 1.165) is 5.56 Å². The Morgan fingerprint density at radius 2 is 1.82 bits per heavy atom. The van der Waals surface area contributed by atoms with E-state index < -0.39 is 29.6 Å². The van der Waals surface area contributed by atoms with Gasteiger partial charge in [0, 0.05) is 0 Å². The Bertz CT molecular complexity index is 692. The van der Waals surface area contributed by atoms with E-state index in [1.807, 2.05) is 30.3 Å². The van der Waals surface area contributed by atoms with Crippen LogP contribution >= 0.6 is 0 Å². The van der Waals surface area contributed by atoms with Gasteiger partial charge in [-0.2, -0.15) is 0 Å². The molecule has 8 heteroatoms. The Balaban J connectivity index is 2.62. The summed E-state index contributed by atoms with van der Waals surface area (Å²) < 4.78 is 10.7. The first-order valence-electron chi connectivity index (χ1n) is 8.80. The molecule has 152 valence electrons. The Labute approximate surface area is 165 Å². The number of carbonyl (C=O) groups excluding carboxylic acids is 3. The van der Waals surface area contributed by atoms with E-state index in [1.54, 1.807) is 20.8 Å². The van der Waals surface area contributed by atoms with Gasteiger partial charge < -0.3 is 25.4 Å². The Morgan fingerprint density at radius 1 is 1.14 bits per heavy atom. The maximum atomic E-state index is 12.4. The molecule has 1 atom stereocenters. The maximum absolute atomic E-state index is 12.4. The smallest absolute Gasteiger partial charge is 0.408 e. The van der Waals surface area contributed by atoms with E-state index in [0.29, 0.717) is 0 Å². The maximum Gasteiger partial charge on any atom is 0.408 e. The molecule has 0 aliphatic heterocycles. The van der Waals surface area contributed by atoms with E-state index in [9.17, 15) is 14.4 Å². The summed E-state index contributed by atoms with van der Waals surface area (Å²) in [6.45, 7) is 5.10. The van der Waals surface area contributed by atoms with Gasteiger partial charge in [0.05, 0.1) is 26.3 Å². The molecule has 0 fully saturated rings. The molecule has 3 N–H and O–H groups in total. The first-order valence-corrected chi connectivity index (χ1v) is 8.80. The van der Waals surface area contributed by atoms with E-state index >= 15 is 0 Å². The van der Waals surface area contributed by atoms with Crippen LogP contribution in [0, 0.1) is 12.3 Å². The minimum atomic E-state index is -1.03. The topological polar surface area (TPSA) is 106 Å². The predicted molar refractivity (Wildman–Crippen MR) is 104 cm³/mol. The zero-order valence-electron chi connectivity index (χ0n) is 16.4. The highest BCUT2D eigenvalue weighted by molar-refractivity contribution is 5.89. The molecule has 1 aromatic rings. The molecule has 0 radical (unpaired) electrons. The fraction of sp³-hybridized carbons (Fsp3) is 0.450. The largest absolute Gasteiger partial charge is 0.444 e. The van der Waals surface area contributed by atoms with Crippen molar-refractivity contribution in [1.29, 1.82) is 0 Å². The fourth-order valence-corrected chi connectivity index (χ4v) is 2.00. The van der Waals surface area contributed by atoms with Crippen LogP contribution in [0.15, 0.2) is 30.3 Å². The molecule has 0 spiro atoms. The number of carbonyl (C=O) groups is 3. The molecular weight excluding hydrogens is 362 g/mol. The second kappa shape index (κ2) is 11.6. The van der Waals surface area contributed by atoms with Crippen LogP contribution in [0.4, 0.5) is 4.79 Å². The number of ether oxygens (including phenoxy) is 2. The monoisotopic (exact) mass is 389 g/mol. The third-order valence-corrected chi connectivity index (χ3v) is 3.21. The minimum Gasteiger partial charge on any atom is -0.444 e. The number of hydrogen-bond donors (Lipinski definition) is 3. The van der Waals surface area contributed by atoms with Crippen LogP contribution < -0.4 is 16.0 Å². The van der Waals surface area contributed by atoms with Crippen molar-refractivity contribution in [1.82, 2.24) is 16.0 Å². The third-order valence-electron chi connectivity index (χ3n) is 3.21. The number of benzene rings is 1. The Morgan fingerprint density at radius 3 is 2.43 bits per heavy atom. The summed E-state index contributed by atoms with van der Waals surface area (Å²) in [6, 6.07) is 8.36. The highest BCUT2D eigenvalue weighted by Gasteiger charge is 2.25. The zero-order chi connectivity index (χ0) is 21.0.